The second kappa shape index (κ2) is 7.68. The first kappa shape index (κ1) is 20.6. The van der Waals surface area contributed by atoms with Gasteiger partial charge < -0.3 is 14.2 Å². The third kappa shape index (κ3) is 4.13. The minimum Gasteiger partial charge on any atom is -0.493 e. The number of ether oxygens (including phenoxy) is 1. The highest BCUT2D eigenvalue weighted by Gasteiger charge is 2.39. The number of rotatable bonds is 5. The Labute approximate surface area is 159 Å². The van der Waals surface area contributed by atoms with E-state index in [9.17, 15) is 21.6 Å². The van der Waals surface area contributed by atoms with Crippen molar-refractivity contribution < 1.29 is 30.8 Å². The fourth-order valence-corrected chi connectivity index (χ4v) is 4.20. The molecule has 28 heavy (non-hydrogen) atoms. The molecular formula is C16H19F3N4O4S. The van der Waals surface area contributed by atoms with Gasteiger partial charge in [-0.3, -0.25) is 0 Å². The van der Waals surface area contributed by atoms with E-state index in [1.807, 2.05) is 11.9 Å². The van der Waals surface area contributed by atoms with E-state index in [-0.39, 0.29) is 22.8 Å². The summed E-state index contributed by atoms with van der Waals surface area (Å²) in [7, 11) is -1.93. The largest absolute Gasteiger partial charge is 0.493 e. The molecule has 0 radical (unpaired) electrons. The van der Waals surface area contributed by atoms with Crippen LogP contribution >= 0.6 is 0 Å². The van der Waals surface area contributed by atoms with E-state index in [0.29, 0.717) is 26.2 Å². The van der Waals surface area contributed by atoms with Crippen LogP contribution < -0.4 is 4.74 Å². The summed E-state index contributed by atoms with van der Waals surface area (Å²) in [5, 5.41) is 3.34. The third-order valence-electron chi connectivity index (χ3n) is 4.26. The van der Waals surface area contributed by atoms with Crippen LogP contribution in [-0.2, 0) is 16.2 Å². The normalized spacial score (nSPS) is 17.0. The zero-order valence-electron chi connectivity index (χ0n) is 15.2. The Balaban J connectivity index is 2.01. The van der Waals surface area contributed by atoms with Crippen LogP contribution in [-0.4, -0.2) is 67.6 Å². The zero-order valence-corrected chi connectivity index (χ0v) is 16.0. The lowest BCUT2D eigenvalue weighted by Crippen LogP contribution is -2.47. The molecule has 0 bridgehead atoms. The van der Waals surface area contributed by atoms with Crippen molar-refractivity contribution in [1.29, 1.82) is 0 Å². The summed E-state index contributed by atoms with van der Waals surface area (Å²) in [6.45, 7) is 3.73. The summed E-state index contributed by atoms with van der Waals surface area (Å²) in [6.07, 6.45) is -4.81. The quantitative estimate of drug-likeness (QED) is 0.732. The molecule has 1 fully saturated rings. The van der Waals surface area contributed by atoms with Crippen molar-refractivity contribution in [3.05, 3.63) is 24.1 Å². The molecule has 0 amide bonds. The summed E-state index contributed by atoms with van der Waals surface area (Å²) < 4.78 is 75.2. The van der Waals surface area contributed by atoms with Gasteiger partial charge in [-0.1, -0.05) is 5.16 Å². The molecule has 0 spiro atoms. The van der Waals surface area contributed by atoms with E-state index < -0.39 is 27.9 Å². The predicted molar refractivity (Wildman–Crippen MR) is 92.2 cm³/mol. The minimum absolute atomic E-state index is 0.0105. The molecule has 12 heteroatoms. The predicted octanol–water partition coefficient (Wildman–Crippen LogP) is 2.09. The fraction of sp³-hybridized carbons (Fsp3) is 0.500. The van der Waals surface area contributed by atoms with Crippen LogP contribution in [0.4, 0.5) is 13.2 Å². The molecule has 1 aliphatic rings. The monoisotopic (exact) mass is 420 g/mol. The Kier molecular flexibility index (Phi) is 5.64. The van der Waals surface area contributed by atoms with Gasteiger partial charge in [-0.05, 0) is 32.2 Å². The third-order valence-corrected chi connectivity index (χ3v) is 6.15. The van der Waals surface area contributed by atoms with Crippen LogP contribution in [0.2, 0.25) is 0 Å². The van der Waals surface area contributed by atoms with E-state index in [1.54, 1.807) is 6.92 Å². The van der Waals surface area contributed by atoms with Gasteiger partial charge in [0.15, 0.2) is 0 Å². The van der Waals surface area contributed by atoms with E-state index >= 15 is 0 Å². The van der Waals surface area contributed by atoms with Crippen molar-refractivity contribution in [3.63, 3.8) is 0 Å². The lowest BCUT2D eigenvalue weighted by Gasteiger charge is -2.31. The molecule has 3 rings (SSSR count). The molecule has 0 atom stereocenters. The van der Waals surface area contributed by atoms with Gasteiger partial charge in [0.1, 0.15) is 5.75 Å². The van der Waals surface area contributed by atoms with Gasteiger partial charge in [-0.15, -0.1) is 0 Å². The lowest BCUT2D eigenvalue weighted by molar-refractivity contribution is -0.159. The van der Waals surface area contributed by atoms with E-state index in [1.165, 1.54) is 22.5 Å². The maximum Gasteiger partial charge on any atom is 0.471 e. The first-order valence-electron chi connectivity index (χ1n) is 8.49. The highest BCUT2D eigenvalue weighted by atomic mass is 32.2. The van der Waals surface area contributed by atoms with Gasteiger partial charge in [-0.25, -0.2) is 8.42 Å². The van der Waals surface area contributed by atoms with E-state index in [2.05, 4.69) is 14.7 Å². The smallest absolute Gasteiger partial charge is 0.471 e. The minimum atomic E-state index is -4.81. The second-order valence-electron chi connectivity index (χ2n) is 6.22. The molecule has 154 valence electrons. The van der Waals surface area contributed by atoms with Crippen molar-refractivity contribution >= 4 is 10.0 Å². The van der Waals surface area contributed by atoms with Crippen molar-refractivity contribution in [3.8, 4) is 17.1 Å². The summed E-state index contributed by atoms with van der Waals surface area (Å²) in [4.78, 5) is 5.27. The van der Waals surface area contributed by atoms with E-state index in [4.69, 9.17) is 4.74 Å². The standard InChI is InChI=1S/C16H19F3N4O4S/c1-3-26-13-5-4-11(28(24,25)23-8-6-22(2)7-9-23)10-12(13)14-20-15(27-21-14)16(17,18)19/h4-5,10H,3,6-9H2,1-2H3. The highest BCUT2D eigenvalue weighted by Crippen LogP contribution is 2.34. The van der Waals surface area contributed by atoms with Gasteiger partial charge in [-0.2, -0.15) is 22.5 Å². The van der Waals surface area contributed by atoms with Crippen LogP contribution in [0, 0.1) is 0 Å². The number of piperazine rings is 1. The number of aromatic nitrogens is 2. The molecule has 0 aliphatic carbocycles. The van der Waals surface area contributed by atoms with Crippen molar-refractivity contribution in [1.82, 2.24) is 19.3 Å². The number of halogens is 3. The van der Waals surface area contributed by atoms with Crippen LogP contribution in [0.15, 0.2) is 27.6 Å². The van der Waals surface area contributed by atoms with Gasteiger partial charge in [0, 0.05) is 26.2 Å². The lowest BCUT2D eigenvalue weighted by atomic mass is 10.2. The van der Waals surface area contributed by atoms with Crippen LogP contribution in [0.3, 0.4) is 0 Å². The Morgan fingerprint density at radius 2 is 1.89 bits per heavy atom. The number of benzene rings is 1. The number of likely N-dealkylation sites (N-methyl/N-ethyl adjacent to an activating group) is 1. The first-order valence-corrected chi connectivity index (χ1v) is 9.93. The average Bonchev–Trinajstić information content (AvgIpc) is 3.13. The Morgan fingerprint density at radius 3 is 2.46 bits per heavy atom. The molecule has 2 aromatic rings. The summed E-state index contributed by atoms with van der Waals surface area (Å²) in [5.74, 6) is -1.75. The van der Waals surface area contributed by atoms with Crippen molar-refractivity contribution in [2.75, 3.05) is 39.8 Å². The molecule has 1 aliphatic heterocycles. The zero-order chi connectivity index (χ0) is 20.5. The number of sulfonamides is 1. The topological polar surface area (TPSA) is 88.8 Å². The van der Waals surface area contributed by atoms with Crippen LogP contribution in [0.25, 0.3) is 11.4 Å². The molecule has 0 saturated carbocycles. The fourth-order valence-electron chi connectivity index (χ4n) is 2.75. The van der Waals surface area contributed by atoms with Crippen LogP contribution in [0.5, 0.6) is 5.75 Å². The molecule has 0 N–H and O–H groups in total. The second-order valence-corrected chi connectivity index (χ2v) is 8.16. The maximum atomic E-state index is 12.9. The molecule has 2 heterocycles. The Bertz CT molecular complexity index is 938. The number of hydrogen-bond acceptors (Lipinski definition) is 7. The molecule has 0 unspecified atom stereocenters. The molecular weight excluding hydrogens is 401 g/mol. The SMILES string of the molecule is CCOc1ccc(S(=O)(=O)N2CCN(C)CC2)cc1-c1noc(C(F)(F)F)n1. The average molecular weight is 420 g/mol. The Hall–Kier alpha value is -2.18. The highest BCUT2D eigenvalue weighted by molar-refractivity contribution is 7.89. The summed E-state index contributed by atoms with van der Waals surface area (Å²) in [6, 6.07) is 3.95. The number of hydrogen-bond donors (Lipinski definition) is 0. The molecule has 1 aromatic heterocycles. The van der Waals surface area contributed by atoms with E-state index in [0.717, 1.165) is 0 Å². The molecule has 8 nitrogen and oxygen atoms in total. The van der Waals surface area contributed by atoms with Gasteiger partial charge in [0.2, 0.25) is 15.8 Å². The molecule has 1 saturated heterocycles. The first-order chi connectivity index (χ1) is 13.1. The van der Waals surface area contributed by atoms with Gasteiger partial charge in [0.25, 0.3) is 0 Å². The maximum absolute atomic E-state index is 12.9. The summed E-state index contributed by atoms with van der Waals surface area (Å²) in [5.41, 5.74) is 0.0105. The number of nitrogens with zero attached hydrogens (tertiary/aromatic N) is 4. The van der Waals surface area contributed by atoms with Gasteiger partial charge >= 0.3 is 12.1 Å². The number of alkyl halides is 3. The van der Waals surface area contributed by atoms with Gasteiger partial charge in [0.05, 0.1) is 17.1 Å². The van der Waals surface area contributed by atoms with Crippen LogP contribution in [0.1, 0.15) is 12.8 Å². The van der Waals surface area contributed by atoms with Crippen molar-refractivity contribution in [2.24, 2.45) is 0 Å². The Morgan fingerprint density at radius 1 is 1.21 bits per heavy atom. The van der Waals surface area contributed by atoms with Crippen molar-refractivity contribution in [2.45, 2.75) is 18.0 Å². The summed E-state index contributed by atoms with van der Waals surface area (Å²) >= 11 is 0. The molecule has 1 aromatic carbocycles.